The zero-order valence-corrected chi connectivity index (χ0v) is 15.0. The minimum atomic E-state index is -0.208. The van der Waals surface area contributed by atoms with Crippen molar-refractivity contribution in [1.29, 1.82) is 0 Å². The number of carbonyl (C=O) groups excluding carboxylic acids is 1. The molecule has 1 amide bonds. The Balaban J connectivity index is 1.24. The number of hydrogen-bond acceptors (Lipinski definition) is 8. The van der Waals surface area contributed by atoms with Gasteiger partial charge in [-0.25, -0.2) is 4.68 Å². The number of nitrogens with zero attached hydrogens (tertiary/aromatic N) is 4. The first-order valence-corrected chi connectivity index (χ1v) is 9.49. The number of benzene rings is 1. The smallest absolute Gasteiger partial charge is 0.231 e. The highest BCUT2D eigenvalue weighted by Crippen LogP contribution is 2.39. The van der Waals surface area contributed by atoms with E-state index in [0.717, 1.165) is 18.4 Å². The van der Waals surface area contributed by atoms with Gasteiger partial charge in [-0.05, 0) is 41.5 Å². The molecule has 1 saturated carbocycles. The molecule has 0 bridgehead atoms. The molecule has 10 nitrogen and oxygen atoms in total. The average molecular weight is 385 g/mol. The zero-order chi connectivity index (χ0) is 18.7. The van der Waals surface area contributed by atoms with Crippen LogP contribution in [0.4, 0.5) is 0 Å². The monoisotopic (exact) mass is 385 g/mol. The lowest BCUT2D eigenvalue weighted by Crippen LogP contribution is -2.44. The van der Waals surface area contributed by atoms with Gasteiger partial charge in [0.2, 0.25) is 12.7 Å². The SMILES string of the molecule is O=C(NC1COC2C1OCC2n1nnnc1-c1ccc2c(c1)OCO2)C1CC1. The number of amides is 1. The molecule has 2 aromatic rings. The summed E-state index contributed by atoms with van der Waals surface area (Å²) in [5, 5.41) is 15.3. The van der Waals surface area contributed by atoms with Gasteiger partial charge < -0.3 is 24.3 Å². The van der Waals surface area contributed by atoms with Crippen LogP contribution in [0.1, 0.15) is 18.9 Å². The van der Waals surface area contributed by atoms with Gasteiger partial charge in [-0.1, -0.05) is 0 Å². The summed E-state index contributed by atoms with van der Waals surface area (Å²) in [6.07, 6.45) is 1.54. The largest absolute Gasteiger partial charge is 0.454 e. The molecule has 1 aliphatic carbocycles. The summed E-state index contributed by atoms with van der Waals surface area (Å²) in [6.45, 7) is 1.07. The van der Waals surface area contributed by atoms with Gasteiger partial charge in [0.05, 0.1) is 19.3 Å². The number of fused-ring (bicyclic) bond motifs is 2. The van der Waals surface area contributed by atoms with Crippen molar-refractivity contribution in [2.45, 2.75) is 37.1 Å². The summed E-state index contributed by atoms with van der Waals surface area (Å²) in [6, 6.07) is 5.32. The van der Waals surface area contributed by atoms with Crippen molar-refractivity contribution >= 4 is 5.91 Å². The van der Waals surface area contributed by atoms with Crippen molar-refractivity contribution in [3.63, 3.8) is 0 Å². The van der Waals surface area contributed by atoms with Gasteiger partial charge in [-0.3, -0.25) is 4.79 Å². The van der Waals surface area contributed by atoms with Crippen LogP contribution in [-0.4, -0.2) is 64.4 Å². The van der Waals surface area contributed by atoms with E-state index in [-0.39, 0.29) is 42.9 Å². The van der Waals surface area contributed by atoms with Crippen LogP contribution in [0.5, 0.6) is 11.5 Å². The molecule has 28 heavy (non-hydrogen) atoms. The van der Waals surface area contributed by atoms with Crippen molar-refractivity contribution in [3.05, 3.63) is 18.2 Å². The number of aromatic nitrogens is 4. The molecular weight excluding hydrogens is 366 g/mol. The van der Waals surface area contributed by atoms with Crippen LogP contribution < -0.4 is 14.8 Å². The molecule has 3 aliphatic heterocycles. The second-order valence-corrected chi connectivity index (χ2v) is 7.57. The Kier molecular flexibility index (Phi) is 3.57. The molecular formula is C18H19N5O5. The molecule has 4 unspecified atom stereocenters. The first-order chi connectivity index (χ1) is 13.8. The Morgan fingerprint density at radius 2 is 1.96 bits per heavy atom. The van der Waals surface area contributed by atoms with E-state index in [4.69, 9.17) is 18.9 Å². The standard InChI is InChI=1S/C18H19N5O5/c24-18(9-1-2-9)19-11-6-25-16-12(7-26-15(11)16)23-17(20-21-22-23)10-3-4-13-14(5-10)28-8-27-13/h3-5,9,11-12,15-16H,1-2,6-8H2,(H,19,24). The molecule has 3 fully saturated rings. The maximum atomic E-state index is 12.1. The highest BCUT2D eigenvalue weighted by atomic mass is 16.7. The fourth-order valence-electron chi connectivity index (χ4n) is 4.10. The highest BCUT2D eigenvalue weighted by molar-refractivity contribution is 5.81. The van der Waals surface area contributed by atoms with E-state index in [2.05, 4.69) is 20.8 Å². The molecule has 10 heteroatoms. The lowest BCUT2D eigenvalue weighted by atomic mass is 10.1. The van der Waals surface area contributed by atoms with Crippen molar-refractivity contribution in [3.8, 4) is 22.9 Å². The van der Waals surface area contributed by atoms with Gasteiger partial charge in [0.15, 0.2) is 17.3 Å². The molecule has 4 heterocycles. The Morgan fingerprint density at radius 3 is 2.86 bits per heavy atom. The minimum absolute atomic E-state index is 0.102. The molecule has 146 valence electrons. The van der Waals surface area contributed by atoms with E-state index in [1.54, 1.807) is 4.68 Å². The molecule has 1 N–H and O–H groups in total. The van der Waals surface area contributed by atoms with Gasteiger partial charge >= 0.3 is 0 Å². The summed E-state index contributed by atoms with van der Waals surface area (Å²) in [5.74, 6) is 2.26. The normalized spacial score (nSPS) is 30.4. The van der Waals surface area contributed by atoms with Gasteiger partial charge in [0.1, 0.15) is 18.2 Å². The Bertz CT molecular complexity index is 929. The predicted molar refractivity (Wildman–Crippen MR) is 92.5 cm³/mol. The number of nitrogens with one attached hydrogen (secondary N) is 1. The summed E-state index contributed by atoms with van der Waals surface area (Å²) >= 11 is 0. The maximum Gasteiger partial charge on any atom is 0.231 e. The average Bonchev–Trinajstić information content (AvgIpc) is 3.09. The minimum Gasteiger partial charge on any atom is -0.454 e. The summed E-state index contributed by atoms with van der Waals surface area (Å²) < 4.78 is 24.6. The summed E-state index contributed by atoms with van der Waals surface area (Å²) in [4.78, 5) is 12.1. The molecule has 1 aromatic carbocycles. The maximum absolute atomic E-state index is 12.1. The quantitative estimate of drug-likeness (QED) is 0.800. The Labute approximate surface area is 160 Å². The lowest BCUT2D eigenvalue weighted by Gasteiger charge is -2.18. The Morgan fingerprint density at radius 1 is 1.11 bits per heavy atom. The van der Waals surface area contributed by atoms with Crippen molar-refractivity contribution in [1.82, 2.24) is 25.5 Å². The van der Waals surface area contributed by atoms with Crippen LogP contribution in [0.15, 0.2) is 18.2 Å². The van der Waals surface area contributed by atoms with Gasteiger partial charge in [0.25, 0.3) is 0 Å². The van der Waals surface area contributed by atoms with E-state index >= 15 is 0 Å². The molecule has 4 aliphatic rings. The second kappa shape index (κ2) is 6.14. The van der Waals surface area contributed by atoms with Crippen LogP contribution in [-0.2, 0) is 14.3 Å². The summed E-state index contributed by atoms with van der Waals surface area (Å²) in [7, 11) is 0. The molecule has 0 spiro atoms. The highest BCUT2D eigenvalue weighted by Gasteiger charge is 2.50. The van der Waals surface area contributed by atoms with E-state index in [9.17, 15) is 4.79 Å². The topological polar surface area (TPSA) is 110 Å². The van der Waals surface area contributed by atoms with Crippen LogP contribution in [0, 0.1) is 5.92 Å². The third-order valence-electron chi connectivity index (χ3n) is 5.74. The van der Waals surface area contributed by atoms with Crippen molar-refractivity contribution < 1.29 is 23.7 Å². The number of ether oxygens (including phenoxy) is 4. The van der Waals surface area contributed by atoms with E-state index < -0.39 is 0 Å². The number of tetrazole rings is 1. The number of rotatable bonds is 4. The summed E-state index contributed by atoms with van der Waals surface area (Å²) in [5.41, 5.74) is 0.828. The molecule has 1 aromatic heterocycles. The van der Waals surface area contributed by atoms with E-state index in [1.807, 2.05) is 18.2 Å². The first kappa shape index (κ1) is 16.3. The Hall–Kier alpha value is -2.72. The van der Waals surface area contributed by atoms with Gasteiger partial charge in [-0.15, -0.1) is 5.10 Å². The second-order valence-electron chi connectivity index (χ2n) is 7.57. The predicted octanol–water partition coefficient (Wildman–Crippen LogP) is 0.302. The number of carbonyl (C=O) groups is 1. The zero-order valence-electron chi connectivity index (χ0n) is 15.0. The van der Waals surface area contributed by atoms with Crippen molar-refractivity contribution in [2.24, 2.45) is 5.92 Å². The third kappa shape index (κ3) is 2.55. The molecule has 4 atom stereocenters. The van der Waals surface area contributed by atoms with Crippen LogP contribution >= 0.6 is 0 Å². The van der Waals surface area contributed by atoms with Gasteiger partial charge in [-0.2, -0.15) is 0 Å². The molecule has 6 rings (SSSR count). The first-order valence-electron chi connectivity index (χ1n) is 9.49. The van der Waals surface area contributed by atoms with E-state index in [1.165, 1.54) is 0 Å². The van der Waals surface area contributed by atoms with Crippen LogP contribution in [0.3, 0.4) is 0 Å². The fourth-order valence-corrected chi connectivity index (χ4v) is 4.10. The lowest BCUT2D eigenvalue weighted by molar-refractivity contribution is -0.123. The van der Waals surface area contributed by atoms with Crippen LogP contribution in [0.25, 0.3) is 11.4 Å². The third-order valence-corrected chi connectivity index (χ3v) is 5.74. The number of hydrogen-bond donors (Lipinski definition) is 1. The van der Waals surface area contributed by atoms with Crippen LogP contribution in [0.2, 0.25) is 0 Å². The fraction of sp³-hybridized carbons (Fsp3) is 0.556. The van der Waals surface area contributed by atoms with E-state index in [0.29, 0.717) is 30.5 Å². The van der Waals surface area contributed by atoms with Crippen molar-refractivity contribution in [2.75, 3.05) is 20.0 Å². The molecule has 2 saturated heterocycles. The molecule has 0 radical (unpaired) electrons. The van der Waals surface area contributed by atoms with Gasteiger partial charge in [0, 0.05) is 11.5 Å².